The van der Waals surface area contributed by atoms with Crippen LogP contribution in [0.3, 0.4) is 0 Å². The second-order valence-electron chi connectivity index (χ2n) is 4.39. The van der Waals surface area contributed by atoms with Crippen LogP contribution in [-0.4, -0.2) is 23.3 Å². The molecule has 3 rings (SSSR count). The molecule has 5 nitrogen and oxygen atoms in total. The number of aromatic nitrogens is 2. The van der Waals surface area contributed by atoms with Crippen LogP contribution in [-0.2, 0) is 0 Å². The van der Waals surface area contributed by atoms with Crippen molar-refractivity contribution in [2.24, 2.45) is 5.10 Å². The monoisotopic (exact) mass is 310 g/mol. The first-order valence-corrected chi connectivity index (χ1v) is 7.53. The number of nitrogens with zero attached hydrogens (tertiary/aromatic N) is 3. The Morgan fingerprint density at radius 2 is 2.05 bits per heavy atom. The van der Waals surface area contributed by atoms with Crippen LogP contribution in [0.2, 0.25) is 0 Å². The maximum atomic E-state index is 5.15. The summed E-state index contributed by atoms with van der Waals surface area (Å²) in [5, 5.41) is 6.86. The quantitative estimate of drug-likeness (QED) is 0.577. The first kappa shape index (κ1) is 14.2. The highest BCUT2D eigenvalue weighted by Gasteiger charge is 2.04. The number of hydrogen-bond donors (Lipinski definition) is 1. The van der Waals surface area contributed by atoms with Crippen LogP contribution in [0, 0.1) is 0 Å². The zero-order chi connectivity index (χ0) is 15.2. The van der Waals surface area contributed by atoms with Crippen LogP contribution in [0.4, 0.5) is 5.13 Å². The Bertz CT molecular complexity index is 753. The van der Waals surface area contributed by atoms with Crippen molar-refractivity contribution >= 4 is 22.7 Å². The van der Waals surface area contributed by atoms with Gasteiger partial charge in [-0.25, -0.2) is 4.98 Å². The van der Waals surface area contributed by atoms with Crippen molar-refractivity contribution in [1.82, 2.24) is 9.97 Å². The second-order valence-corrected chi connectivity index (χ2v) is 5.25. The predicted octanol–water partition coefficient (Wildman–Crippen LogP) is 3.66. The van der Waals surface area contributed by atoms with Gasteiger partial charge >= 0.3 is 0 Å². The van der Waals surface area contributed by atoms with Gasteiger partial charge in [-0.1, -0.05) is 6.07 Å². The number of hydrogen-bond acceptors (Lipinski definition) is 6. The molecule has 0 saturated heterocycles. The lowest BCUT2D eigenvalue weighted by atomic mass is 10.2. The summed E-state index contributed by atoms with van der Waals surface area (Å²) < 4.78 is 5.15. The number of nitrogens with one attached hydrogen (secondary N) is 1. The molecule has 0 radical (unpaired) electrons. The summed E-state index contributed by atoms with van der Waals surface area (Å²) >= 11 is 1.50. The molecule has 0 unspecified atom stereocenters. The summed E-state index contributed by atoms with van der Waals surface area (Å²) in [5.74, 6) is 0.831. The summed E-state index contributed by atoms with van der Waals surface area (Å²) in [6.45, 7) is 0. The van der Waals surface area contributed by atoms with Gasteiger partial charge in [0.2, 0.25) is 5.13 Å². The van der Waals surface area contributed by atoms with E-state index in [1.54, 1.807) is 19.5 Å². The van der Waals surface area contributed by atoms with Gasteiger partial charge in [0.25, 0.3) is 0 Å². The molecule has 0 saturated carbocycles. The molecule has 1 N–H and O–H groups in total. The first-order valence-electron chi connectivity index (χ1n) is 6.65. The first-order chi connectivity index (χ1) is 10.8. The van der Waals surface area contributed by atoms with Crippen LogP contribution >= 0.6 is 11.3 Å². The minimum atomic E-state index is 0.734. The Balaban J connectivity index is 1.67. The molecule has 22 heavy (non-hydrogen) atoms. The van der Waals surface area contributed by atoms with Crippen molar-refractivity contribution in [1.29, 1.82) is 0 Å². The van der Waals surface area contributed by atoms with Gasteiger partial charge in [-0.3, -0.25) is 10.4 Å². The molecular weight excluding hydrogens is 296 g/mol. The highest BCUT2D eigenvalue weighted by Crippen LogP contribution is 2.26. The number of hydrazone groups is 1. The minimum Gasteiger partial charge on any atom is -0.497 e. The zero-order valence-electron chi connectivity index (χ0n) is 11.9. The van der Waals surface area contributed by atoms with E-state index in [-0.39, 0.29) is 0 Å². The number of anilines is 1. The smallest absolute Gasteiger partial charge is 0.203 e. The molecule has 2 heterocycles. The highest BCUT2D eigenvalue weighted by molar-refractivity contribution is 7.14. The van der Waals surface area contributed by atoms with Crippen molar-refractivity contribution in [3.8, 4) is 17.0 Å². The fraction of sp³-hybridized carbons (Fsp3) is 0.0625. The van der Waals surface area contributed by atoms with Crippen LogP contribution in [0.1, 0.15) is 5.69 Å². The molecule has 6 heteroatoms. The van der Waals surface area contributed by atoms with Crippen molar-refractivity contribution < 1.29 is 4.74 Å². The SMILES string of the molecule is COc1ccc(-c2csc(N/N=C/c3ccccn3)n2)cc1. The molecule has 1 aromatic carbocycles. The normalized spacial score (nSPS) is 10.8. The lowest BCUT2D eigenvalue weighted by Crippen LogP contribution is -1.91. The molecule has 0 bridgehead atoms. The summed E-state index contributed by atoms with van der Waals surface area (Å²) in [7, 11) is 1.65. The van der Waals surface area contributed by atoms with Gasteiger partial charge < -0.3 is 4.74 Å². The van der Waals surface area contributed by atoms with E-state index in [9.17, 15) is 0 Å². The number of methoxy groups -OCH3 is 1. The third kappa shape index (κ3) is 3.48. The van der Waals surface area contributed by atoms with E-state index >= 15 is 0 Å². The Hall–Kier alpha value is -2.73. The number of benzene rings is 1. The average molecular weight is 310 g/mol. The summed E-state index contributed by atoms with van der Waals surface area (Å²) in [6.07, 6.45) is 3.39. The molecule has 0 aliphatic rings. The second kappa shape index (κ2) is 6.82. The van der Waals surface area contributed by atoms with E-state index < -0.39 is 0 Å². The molecule has 2 aromatic heterocycles. The van der Waals surface area contributed by atoms with Crippen molar-refractivity contribution in [2.75, 3.05) is 12.5 Å². The zero-order valence-corrected chi connectivity index (χ0v) is 12.7. The summed E-state index contributed by atoms with van der Waals surface area (Å²) in [4.78, 5) is 8.66. The van der Waals surface area contributed by atoms with Crippen molar-refractivity contribution in [3.05, 3.63) is 59.7 Å². The van der Waals surface area contributed by atoms with Crippen molar-refractivity contribution in [3.63, 3.8) is 0 Å². The number of ether oxygens (including phenoxy) is 1. The molecule has 3 aromatic rings. The number of thiazole rings is 1. The van der Waals surface area contributed by atoms with Crippen molar-refractivity contribution in [2.45, 2.75) is 0 Å². The van der Waals surface area contributed by atoms with E-state index in [4.69, 9.17) is 4.74 Å². The van der Waals surface area contributed by atoms with E-state index in [1.807, 2.05) is 47.8 Å². The van der Waals surface area contributed by atoms with E-state index in [0.717, 1.165) is 27.8 Å². The number of rotatable bonds is 5. The Morgan fingerprint density at radius 1 is 1.18 bits per heavy atom. The lowest BCUT2D eigenvalue weighted by molar-refractivity contribution is 0.415. The molecule has 0 fully saturated rings. The third-order valence-corrected chi connectivity index (χ3v) is 3.68. The van der Waals surface area contributed by atoms with Crippen LogP contribution in [0.5, 0.6) is 5.75 Å². The van der Waals surface area contributed by atoms with Gasteiger partial charge in [0.1, 0.15) is 5.75 Å². The topological polar surface area (TPSA) is 59.4 Å². The van der Waals surface area contributed by atoms with Crippen LogP contribution in [0.15, 0.2) is 59.1 Å². The molecular formula is C16H14N4OS. The molecule has 0 spiro atoms. The van der Waals surface area contributed by atoms with E-state index in [1.165, 1.54) is 11.3 Å². The van der Waals surface area contributed by atoms with Crippen LogP contribution in [0.25, 0.3) is 11.3 Å². The van der Waals surface area contributed by atoms with Gasteiger partial charge in [-0.15, -0.1) is 11.3 Å². The maximum Gasteiger partial charge on any atom is 0.203 e. The van der Waals surface area contributed by atoms with Crippen LogP contribution < -0.4 is 10.2 Å². The fourth-order valence-corrected chi connectivity index (χ4v) is 2.49. The molecule has 0 aliphatic heterocycles. The Kier molecular flexibility index (Phi) is 4.41. The lowest BCUT2D eigenvalue weighted by Gasteiger charge is -2.00. The van der Waals surface area contributed by atoms with Gasteiger partial charge in [0.05, 0.1) is 24.7 Å². The van der Waals surface area contributed by atoms with Gasteiger partial charge in [-0.2, -0.15) is 5.10 Å². The fourth-order valence-electron chi connectivity index (χ4n) is 1.83. The third-order valence-electron chi connectivity index (χ3n) is 2.93. The summed E-state index contributed by atoms with van der Waals surface area (Å²) in [6, 6.07) is 13.5. The van der Waals surface area contributed by atoms with Gasteiger partial charge in [0, 0.05) is 17.1 Å². The Morgan fingerprint density at radius 3 is 2.77 bits per heavy atom. The van der Waals surface area contributed by atoms with Gasteiger partial charge in [-0.05, 0) is 36.4 Å². The molecule has 0 amide bonds. The molecule has 110 valence electrons. The molecule has 0 aliphatic carbocycles. The Labute approximate surface area is 132 Å². The largest absolute Gasteiger partial charge is 0.497 e. The van der Waals surface area contributed by atoms with E-state index in [2.05, 4.69) is 20.5 Å². The highest BCUT2D eigenvalue weighted by atomic mass is 32.1. The minimum absolute atomic E-state index is 0.734. The van der Waals surface area contributed by atoms with Gasteiger partial charge in [0.15, 0.2) is 0 Å². The van der Waals surface area contributed by atoms with E-state index in [0.29, 0.717) is 0 Å². The number of pyridine rings is 1. The standard InChI is InChI=1S/C16H14N4OS/c1-21-14-7-5-12(6-8-14)15-11-22-16(19-15)20-18-10-13-4-2-3-9-17-13/h2-11H,1H3,(H,19,20)/b18-10+. The molecule has 0 atom stereocenters. The average Bonchev–Trinajstić information content (AvgIpc) is 3.05. The maximum absolute atomic E-state index is 5.15. The summed E-state index contributed by atoms with van der Waals surface area (Å²) in [5.41, 5.74) is 5.66. The predicted molar refractivity (Wildman–Crippen MR) is 89.6 cm³/mol.